The molecule has 1 aromatic carbocycles. The Morgan fingerprint density at radius 3 is 2.64 bits per heavy atom. The highest BCUT2D eigenvalue weighted by molar-refractivity contribution is 9.09. The Balaban J connectivity index is 2.31. The topological polar surface area (TPSA) is 57.6 Å². The number of imide groups is 1. The number of hydrogen-bond acceptors (Lipinski definition) is 3. The van der Waals surface area contributed by atoms with Gasteiger partial charge in [0, 0.05) is 16.5 Å². The molecule has 1 aliphatic carbocycles. The van der Waals surface area contributed by atoms with Crippen molar-refractivity contribution in [2.75, 3.05) is 5.45 Å². The molecule has 3 unspecified atom stereocenters. The van der Waals surface area contributed by atoms with Crippen molar-refractivity contribution in [2.45, 2.75) is 22.1 Å². The number of rotatable bonds is 3. The lowest BCUT2D eigenvalue weighted by molar-refractivity contribution is -0.138. The van der Waals surface area contributed by atoms with E-state index >= 15 is 0 Å². The summed E-state index contributed by atoms with van der Waals surface area (Å²) in [5, 5.41) is 10.7. The highest BCUT2D eigenvalue weighted by atomic mass is 79.9. The van der Waals surface area contributed by atoms with Crippen LogP contribution in [0.5, 0.6) is 5.75 Å². The summed E-state index contributed by atoms with van der Waals surface area (Å²) in [6.07, 6.45) is 3.33. The van der Waals surface area contributed by atoms with Crippen LogP contribution in [0, 0.1) is 0 Å². The van der Waals surface area contributed by atoms with Gasteiger partial charge in [-0.05, 0) is 30.2 Å². The molecular weight excluding hydrogens is 452 g/mol. The van der Waals surface area contributed by atoms with E-state index in [-0.39, 0.29) is 17.6 Å². The molecule has 1 heterocycles. The van der Waals surface area contributed by atoms with Crippen LogP contribution in [0.3, 0.4) is 0 Å². The number of halogens is 4. The number of fused-ring (bicyclic) bond motifs is 1. The molecule has 3 atom stereocenters. The molecule has 2 aliphatic rings. The fourth-order valence-electron chi connectivity index (χ4n) is 3.48. The van der Waals surface area contributed by atoms with E-state index in [1.54, 1.807) is 12.2 Å². The minimum Gasteiger partial charge on any atom is -0.508 e. The van der Waals surface area contributed by atoms with Crippen LogP contribution in [0.25, 0.3) is 0 Å². The summed E-state index contributed by atoms with van der Waals surface area (Å²) in [4.78, 5) is 23.3. The normalized spacial score (nSPS) is 31.8. The zero-order valence-electron chi connectivity index (χ0n) is 12.8. The lowest BCUT2D eigenvalue weighted by Gasteiger charge is -2.42. The second-order valence-corrected chi connectivity index (χ2v) is 8.10. The van der Waals surface area contributed by atoms with E-state index in [4.69, 9.17) is 34.8 Å². The van der Waals surface area contributed by atoms with E-state index in [0.717, 1.165) is 4.90 Å². The van der Waals surface area contributed by atoms with Crippen LogP contribution in [0.4, 0.5) is 0 Å². The molecule has 0 bridgehead atoms. The zero-order valence-corrected chi connectivity index (χ0v) is 16.7. The molecule has 0 radical (unpaired) electrons. The Labute approximate surface area is 168 Å². The number of likely N-dealkylation sites (tertiary alicyclic amines) is 1. The third-order valence-electron chi connectivity index (χ3n) is 4.72. The summed E-state index contributed by atoms with van der Waals surface area (Å²) in [7, 11) is 0. The van der Waals surface area contributed by atoms with Gasteiger partial charge in [0.2, 0.25) is 0 Å². The fraction of sp³-hybridized carbons (Fsp3) is 0.294. The van der Waals surface area contributed by atoms with E-state index in [1.165, 1.54) is 18.2 Å². The van der Waals surface area contributed by atoms with Gasteiger partial charge in [-0.25, -0.2) is 0 Å². The molecule has 1 saturated heterocycles. The van der Waals surface area contributed by atoms with Crippen molar-refractivity contribution in [1.82, 2.24) is 4.90 Å². The summed E-state index contributed by atoms with van der Waals surface area (Å²) in [5.41, 5.74) is 0.892. The first-order valence-electron chi connectivity index (χ1n) is 7.33. The first-order chi connectivity index (χ1) is 11.7. The number of amides is 2. The Hall–Kier alpha value is -1.01. The minimum absolute atomic E-state index is 0.0225. The van der Waals surface area contributed by atoms with Crippen LogP contribution in [0.2, 0.25) is 5.02 Å². The molecular formula is C17H13BrCl3NO3. The van der Waals surface area contributed by atoms with Gasteiger partial charge in [-0.15, -0.1) is 23.2 Å². The van der Waals surface area contributed by atoms with Crippen LogP contribution in [-0.4, -0.2) is 37.0 Å². The molecule has 1 aromatic rings. The molecule has 0 aromatic heterocycles. The average Bonchev–Trinajstić information content (AvgIpc) is 2.73. The molecule has 1 aliphatic heterocycles. The predicted octanol–water partition coefficient (Wildman–Crippen LogP) is 4.32. The number of carbonyl (C=O) groups excluding carboxylic acids is 2. The van der Waals surface area contributed by atoms with Gasteiger partial charge in [0.05, 0.1) is 5.45 Å². The minimum atomic E-state index is -1.81. The number of benzene rings is 1. The molecule has 0 saturated carbocycles. The van der Waals surface area contributed by atoms with Crippen molar-refractivity contribution < 1.29 is 14.7 Å². The lowest BCUT2D eigenvalue weighted by atomic mass is 9.68. The Morgan fingerprint density at radius 2 is 2.04 bits per heavy atom. The SMILES string of the molecule is C=CC1=CCC2(Cl)C(=O)N(CBr)C(=O)C2(Cl)C1c1cc(Cl)ccc1O. The maximum absolute atomic E-state index is 13.0. The number of phenols is 1. The highest BCUT2D eigenvalue weighted by Gasteiger charge is 2.72. The van der Waals surface area contributed by atoms with Gasteiger partial charge >= 0.3 is 0 Å². The standard InChI is InChI=1S/C17H13BrCl3NO3/c1-2-9-5-6-16(20)14(24)22(8-18)15(25)17(16,21)13(9)11-7-10(19)3-4-12(11)23/h2-5,7,13,23H,1,6,8H2. The van der Waals surface area contributed by atoms with Gasteiger partial charge < -0.3 is 5.11 Å². The van der Waals surface area contributed by atoms with E-state index in [2.05, 4.69) is 22.5 Å². The van der Waals surface area contributed by atoms with Gasteiger partial charge in [-0.1, -0.05) is 46.3 Å². The number of alkyl halides is 3. The Kier molecular flexibility index (Phi) is 4.73. The largest absolute Gasteiger partial charge is 0.508 e. The first-order valence-corrected chi connectivity index (χ1v) is 9.59. The summed E-state index contributed by atoms with van der Waals surface area (Å²) >= 11 is 22.7. The number of nitrogens with zero attached hydrogens (tertiary/aromatic N) is 1. The van der Waals surface area contributed by atoms with E-state index in [1.807, 2.05) is 0 Å². The number of phenolic OH excluding ortho intramolecular Hbond substituents is 1. The number of hydrogen-bond donors (Lipinski definition) is 1. The van der Waals surface area contributed by atoms with Crippen molar-refractivity contribution in [2.24, 2.45) is 0 Å². The molecule has 4 nitrogen and oxygen atoms in total. The number of carbonyl (C=O) groups is 2. The maximum Gasteiger partial charge on any atom is 0.254 e. The van der Waals surface area contributed by atoms with Crippen LogP contribution < -0.4 is 0 Å². The van der Waals surface area contributed by atoms with Gasteiger partial charge in [-0.2, -0.15) is 0 Å². The second-order valence-electron chi connectivity index (χ2n) is 5.92. The zero-order chi connectivity index (χ0) is 18.6. The quantitative estimate of drug-likeness (QED) is 0.411. The Morgan fingerprint density at radius 1 is 1.36 bits per heavy atom. The van der Waals surface area contributed by atoms with Crippen LogP contribution in [0.1, 0.15) is 17.9 Å². The van der Waals surface area contributed by atoms with Crippen molar-refractivity contribution in [3.8, 4) is 5.75 Å². The predicted molar refractivity (Wildman–Crippen MR) is 102 cm³/mol. The van der Waals surface area contributed by atoms with Crippen molar-refractivity contribution in [3.63, 3.8) is 0 Å². The summed E-state index contributed by atoms with van der Waals surface area (Å²) in [5.74, 6) is -2.17. The van der Waals surface area contributed by atoms with Crippen LogP contribution in [-0.2, 0) is 9.59 Å². The van der Waals surface area contributed by atoms with Gasteiger partial charge in [0.15, 0.2) is 9.75 Å². The van der Waals surface area contributed by atoms with Gasteiger partial charge in [0.1, 0.15) is 5.75 Å². The highest BCUT2D eigenvalue weighted by Crippen LogP contribution is 2.60. The molecule has 1 fully saturated rings. The summed E-state index contributed by atoms with van der Waals surface area (Å²) in [6, 6.07) is 4.44. The molecule has 2 amide bonds. The first kappa shape index (κ1) is 18.8. The third kappa shape index (κ3) is 2.40. The smallest absolute Gasteiger partial charge is 0.254 e. The van der Waals surface area contributed by atoms with Crippen LogP contribution >= 0.6 is 50.7 Å². The van der Waals surface area contributed by atoms with E-state index in [9.17, 15) is 14.7 Å². The molecule has 8 heteroatoms. The van der Waals surface area contributed by atoms with Crippen molar-refractivity contribution in [3.05, 3.63) is 53.1 Å². The summed E-state index contributed by atoms with van der Waals surface area (Å²) < 4.78 is 0. The molecule has 1 N–H and O–H groups in total. The number of allylic oxidation sites excluding steroid dienone is 3. The van der Waals surface area contributed by atoms with Crippen LogP contribution in [0.15, 0.2) is 42.5 Å². The van der Waals surface area contributed by atoms with E-state index in [0.29, 0.717) is 16.2 Å². The van der Waals surface area contributed by atoms with Gasteiger partial charge in [0.25, 0.3) is 11.8 Å². The molecule has 25 heavy (non-hydrogen) atoms. The average molecular weight is 466 g/mol. The summed E-state index contributed by atoms with van der Waals surface area (Å²) in [6.45, 7) is 3.76. The third-order valence-corrected chi connectivity index (χ3v) is 6.87. The molecule has 3 rings (SSSR count). The van der Waals surface area contributed by atoms with Crippen molar-refractivity contribution >= 4 is 62.5 Å². The van der Waals surface area contributed by atoms with Crippen molar-refractivity contribution in [1.29, 1.82) is 0 Å². The Bertz CT molecular complexity index is 827. The molecule has 132 valence electrons. The fourth-order valence-corrected chi connectivity index (χ4v) is 4.99. The van der Waals surface area contributed by atoms with E-state index < -0.39 is 27.5 Å². The van der Waals surface area contributed by atoms with Gasteiger partial charge in [-0.3, -0.25) is 14.5 Å². The molecule has 0 spiro atoms. The lowest BCUT2D eigenvalue weighted by Crippen LogP contribution is -2.54. The maximum atomic E-state index is 13.0. The number of aromatic hydroxyl groups is 1. The monoisotopic (exact) mass is 463 g/mol. The second kappa shape index (κ2) is 6.31.